The highest BCUT2D eigenvalue weighted by Crippen LogP contribution is 2.19. The van der Waals surface area contributed by atoms with E-state index < -0.39 is 0 Å². The van der Waals surface area contributed by atoms with Gasteiger partial charge in [0.15, 0.2) is 0 Å². The summed E-state index contributed by atoms with van der Waals surface area (Å²) in [5.74, 6) is -0.151. The number of carbonyl (C=O) groups is 2. The zero-order chi connectivity index (χ0) is 20.8. The van der Waals surface area contributed by atoms with Gasteiger partial charge in [-0.05, 0) is 43.0 Å². The van der Waals surface area contributed by atoms with E-state index in [2.05, 4.69) is 24.1 Å². The number of ether oxygens (including phenoxy) is 1. The third-order valence-corrected chi connectivity index (χ3v) is 5.52. The van der Waals surface area contributed by atoms with Crippen LogP contribution in [0.2, 0.25) is 0 Å². The van der Waals surface area contributed by atoms with E-state index >= 15 is 0 Å². The average Bonchev–Trinajstić information content (AvgIpc) is 2.72. The van der Waals surface area contributed by atoms with Crippen molar-refractivity contribution in [2.75, 3.05) is 45.9 Å². The third kappa shape index (κ3) is 6.24. The number of rotatable bonds is 6. The molecule has 3 rings (SSSR count). The van der Waals surface area contributed by atoms with Crippen LogP contribution < -0.4 is 5.32 Å². The Morgan fingerprint density at radius 3 is 2.69 bits per heavy atom. The van der Waals surface area contributed by atoms with Gasteiger partial charge in [0.1, 0.15) is 5.82 Å². The lowest BCUT2D eigenvalue weighted by Gasteiger charge is -2.35. The van der Waals surface area contributed by atoms with Gasteiger partial charge in [-0.2, -0.15) is 0 Å². The van der Waals surface area contributed by atoms with Crippen molar-refractivity contribution in [2.45, 2.75) is 32.8 Å². The lowest BCUT2D eigenvalue weighted by Crippen LogP contribution is -2.50. The predicted octanol–water partition coefficient (Wildman–Crippen LogP) is 2.15. The number of nitrogens with zero attached hydrogens (tertiary/aromatic N) is 2. The number of benzene rings is 1. The van der Waals surface area contributed by atoms with Crippen molar-refractivity contribution in [2.24, 2.45) is 11.8 Å². The van der Waals surface area contributed by atoms with E-state index in [1.807, 2.05) is 0 Å². The molecule has 0 spiro atoms. The summed E-state index contributed by atoms with van der Waals surface area (Å²) in [6.45, 7) is 9.42. The second-order valence-electron chi connectivity index (χ2n) is 8.49. The minimum Gasteiger partial charge on any atom is -0.374 e. The quantitative estimate of drug-likeness (QED) is 0.788. The van der Waals surface area contributed by atoms with Gasteiger partial charge in [0, 0.05) is 44.8 Å². The number of nitrogens with one attached hydrogen (secondary N) is 1. The summed E-state index contributed by atoms with van der Waals surface area (Å²) in [7, 11) is 0. The van der Waals surface area contributed by atoms with Crippen LogP contribution in [0.3, 0.4) is 0 Å². The fourth-order valence-corrected chi connectivity index (χ4v) is 4.10. The molecule has 160 valence electrons. The first-order chi connectivity index (χ1) is 13.9. The monoisotopic (exact) mass is 405 g/mol. The van der Waals surface area contributed by atoms with Crippen LogP contribution in [0, 0.1) is 17.7 Å². The number of morpholine rings is 1. The maximum atomic E-state index is 13.1. The molecule has 0 radical (unpaired) electrons. The summed E-state index contributed by atoms with van der Waals surface area (Å²) >= 11 is 0. The summed E-state index contributed by atoms with van der Waals surface area (Å²) < 4.78 is 18.9. The molecule has 2 heterocycles. The second-order valence-corrected chi connectivity index (χ2v) is 8.49. The van der Waals surface area contributed by atoms with Gasteiger partial charge in [-0.3, -0.25) is 14.5 Å². The van der Waals surface area contributed by atoms with E-state index in [-0.39, 0.29) is 29.7 Å². The van der Waals surface area contributed by atoms with Crippen LogP contribution in [0.15, 0.2) is 24.3 Å². The topological polar surface area (TPSA) is 61.9 Å². The Kier molecular flexibility index (Phi) is 7.61. The molecule has 1 aromatic carbocycles. The van der Waals surface area contributed by atoms with Crippen molar-refractivity contribution in [3.05, 3.63) is 35.6 Å². The molecule has 0 bridgehead atoms. The van der Waals surface area contributed by atoms with Crippen LogP contribution in [-0.2, 0) is 9.53 Å². The minimum atomic E-state index is -0.366. The molecule has 2 atom stereocenters. The summed E-state index contributed by atoms with van der Waals surface area (Å²) in [6, 6.07) is 5.55. The van der Waals surface area contributed by atoms with Gasteiger partial charge < -0.3 is 15.0 Å². The lowest BCUT2D eigenvalue weighted by molar-refractivity contribution is -0.127. The molecular weight excluding hydrogens is 373 g/mol. The molecule has 1 N–H and O–H groups in total. The van der Waals surface area contributed by atoms with Gasteiger partial charge in [0.25, 0.3) is 5.91 Å². The largest absolute Gasteiger partial charge is 0.374 e. The maximum absolute atomic E-state index is 13.1. The van der Waals surface area contributed by atoms with Crippen molar-refractivity contribution in [1.82, 2.24) is 15.1 Å². The molecule has 2 aliphatic rings. The van der Waals surface area contributed by atoms with Crippen molar-refractivity contribution >= 4 is 11.8 Å². The Bertz CT molecular complexity index is 695. The van der Waals surface area contributed by atoms with Gasteiger partial charge in [0.2, 0.25) is 5.91 Å². The molecule has 6 nitrogen and oxygen atoms in total. The van der Waals surface area contributed by atoms with E-state index in [1.54, 1.807) is 4.90 Å². The highest BCUT2D eigenvalue weighted by atomic mass is 19.1. The summed E-state index contributed by atoms with van der Waals surface area (Å²) in [5, 5.41) is 3.02. The molecule has 2 unspecified atom stereocenters. The number of amides is 2. The molecular formula is C22H32FN3O3. The van der Waals surface area contributed by atoms with Crippen LogP contribution in [0.25, 0.3) is 0 Å². The Balaban J connectivity index is 1.48. The molecule has 2 amide bonds. The zero-order valence-corrected chi connectivity index (χ0v) is 17.4. The van der Waals surface area contributed by atoms with Gasteiger partial charge in [-0.25, -0.2) is 4.39 Å². The number of piperidine rings is 1. The Hall–Kier alpha value is -1.99. The van der Waals surface area contributed by atoms with E-state index in [9.17, 15) is 14.0 Å². The number of carbonyl (C=O) groups excluding carboxylic acids is 2. The molecule has 2 aliphatic heterocycles. The number of halogens is 1. The second kappa shape index (κ2) is 10.2. The van der Waals surface area contributed by atoms with Crippen molar-refractivity contribution in [1.29, 1.82) is 0 Å². The van der Waals surface area contributed by atoms with Crippen molar-refractivity contribution < 1.29 is 18.7 Å². The van der Waals surface area contributed by atoms with Gasteiger partial charge in [0.05, 0.1) is 18.6 Å². The Morgan fingerprint density at radius 1 is 1.21 bits per heavy atom. The van der Waals surface area contributed by atoms with Gasteiger partial charge in [-0.15, -0.1) is 0 Å². The average molecular weight is 406 g/mol. The summed E-state index contributed by atoms with van der Waals surface area (Å²) in [5.41, 5.74) is 0.452. The van der Waals surface area contributed by atoms with Crippen LogP contribution in [0.5, 0.6) is 0 Å². The van der Waals surface area contributed by atoms with Crippen LogP contribution >= 0.6 is 0 Å². The standard InChI is InChI=1S/C22H32FN3O3/c1-16(2)13-25-10-11-29-20(15-25)12-24-21(27)18-4-3-9-26(14-18)22(28)17-5-7-19(23)8-6-17/h5-8,16,18,20H,3-4,9-15H2,1-2H3,(H,24,27). The van der Waals surface area contributed by atoms with E-state index in [0.717, 1.165) is 32.5 Å². The first-order valence-electron chi connectivity index (χ1n) is 10.6. The van der Waals surface area contributed by atoms with E-state index in [0.29, 0.717) is 37.7 Å². The number of hydrogen-bond acceptors (Lipinski definition) is 4. The van der Waals surface area contributed by atoms with Crippen LogP contribution in [0.4, 0.5) is 4.39 Å². The fraction of sp³-hybridized carbons (Fsp3) is 0.636. The molecule has 7 heteroatoms. The zero-order valence-electron chi connectivity index (χ0n) is 17.4. The molecule has 2 fully saturated rings. The number of likely N-dealkylation sites (tertiary alicyclic amines) is 1. The van der Waals surface area contributed by atoms with Crippen LogP contribution in [-0.4, -0.2) is 73.6 Å². The summed E-state index contributed by atoms with van der Waals surface area (Å²) in [6.07, 6.45) is 1.56. The van der Waals surface area contributed by atoms with E-state index in [1.165, 1.54) is 24.3 Å². The van der Waals surface area contributed by atoms with Gasteiger partial charge >= 0.3 is 0 Å². The first kappa shape index (κ1) is 21.7. The van der Waals surface area contributed by atoms with E-state index in [4.69, 9.17) is 4.74 Å². The molecule has 2 saturated heterocycles. The smallest absolute Gasteiger partial charge is 0.253 e. The Morgan fingerprint density at radius 2 is 1.97 bits per heavy atom. The molecule has 0 aromatic heterocycles. The highest BCUT2D eigenvalue weighted by Gasteiger charge is 2.30. The summed E-state index contributed by atoms with van der Waals surface area (Å²) in [4.78, 5) is 29.4. The molecule has 1 aromatic rings. The number of hydrogen-bond donors (Lipinski definition) is 1. The predicted molar refractivity (Wildman–Crippen MR) is 109 cm³/mol. The fourth-order valence-electron chi connectivity index (χ4n) is 4.10. The first-order valence-corrected chi connectivity index (χ1v) is 10.6. The third-order valence-electron chi connectivity index (χ3n) is 5.52. The molecule has 0 aliphatic carbocycles. The Labute approximate surface area is 172 Å². The minimum absolute atomic E-state index is 0.00647. The molecule has 0 saturated carbocycles. The van der Waals surface area contributed by atoms with Crippen molar-refractivity contribution in [3.63, 3.8) is 0 Å². The normalized spacial score (nSPS) is 23.2. The van der Waals surface area contributed by atoms with Crippen molar-refractivity contribution in [3.8, 4) is 0 Å². The van der Waals surface area contributed by atoms with Crippen LogP contribution in [0.1, 0.15) is 37.0 Å². The van der Waals surface area contributed by atoms with Gasteiger partial charge in [-0.1, -0.05) is 13.8 Å². The lowest BCUT2D eigenvalue weighted by atomic mass is 9.96. The maximum Gasteiger partial charge on any atom is 0.253 e. The molecule has 29 heavy (non-hydrogen) atoms. The SMILES string of the molecule is CC(C)CN1CCOC(CNC(=O)C2CCCN(C(=O)c3ccc(F)cc3)C2)C1. The highest BCUT2D eigenvalue weighted by molar-refractivity contribution is 5.94.